The van der Waals surface area contributed by atoms with Gasteiger partial charge in [-0.05, 0) is 18.2 Å². The first-order valence-corrected chi connectivity index (χ1v) is 7.40. The summed E-state index contributed by atoms with van der Waals surface area (Å²) in [7, 11) is 0. The van der Waals surface area contributed by atoms with E-state index in [2.05, 4.69) is 41.0 Å². The summed E-state index contributed by atoms with van der Waals surface area (Å²) in [6, 6.07) is 5.53. The first-order chi connectivity index (χ1) is 10.4. The van der Waals surface area contributed by atoms with Gasteiger partial charge in [-0.1, -0.05) is 32.4 Å². The Labute approximate surface area is 133 Å². The van der Waals surface area contributed by atoms with E-state index in [1.165, 1.54) is 6.33 Å². The second kappa shape index (κ2) is 5.57. The Bertz CT molecular complexity index is 807. The van der Waals surface area contributed by atoms with Crippen LogP contribution in [-0.2, 0) is 12.0 Å². The van der Waals surface area contributed by atoms with Gasteiger partial charge in [0.05, 0.1) is 18.3 Å². The lowest BCUT2D eigenvalue weighted by molar-refractivity contribution is 0.385. The van der Waals surface area contributed by atoms with E-state index in [1.807, 2.05) is 18.2 Å². The van der Waals surface area contributed by atoms with Gasteiger partial charge in [-0.2, -0.15) is 0 Å². The van der Waals surface area contributed by atoms with Crippen LogP contribution in [0.25, 0.3) is 10.9 Å². The molecule has 5 nitrogen and oxygen atoms in total. The van der Waals surface area contributed by atoms with Gasteiger partial charge in [0, 0.05) is 15.8 Å². The van der Waals surface area contributed by atoms with Crippen LogP contribution in [0.4, 0.5) is 5.82 Å². The van der Waals surface area contributed by atoms with Crippen LogP contribution in [-0.4, -0.2) is 15.0 Å². The number of benzene rings is 1. The van der Waals surface area contributed by atoms with Crippen LogP contribution >= 0.6 is 11.6 Å². The number of halogens is 1. The minimum absolute atomic E-state index is 0.0520. The molecule has 0 bridgehead atoms. The third kappa shape index (κ3) is 3.04. The number of anilines is 1. The molecule has 0 spiro atoms. The van der Waals surface area contributed by atoms with Gasteiger partial charge >= 0.3 is 0 Å². The monoisotopic (exact) mass is 316 g/mol. The molecule has 0 atom stereocenters. The van der Waals surface area contributed by atoms with E-state index in [0.29, 0.717) is 17.5 Å². The molecular weight excluding hydrogens is 300 g/mol. The van der Waals surface area contributed by atoms with E-state index in [0.717, 1.165) is 22.5 Å². The van der Waals surface area contributed by atoms with Crippen molar-refractivity contribution in [3.05, 3.63) is 47.4 Å². The predicted molar refractivity (Wildman–Crippen MR) is 87.1 cm³/mol. The van der Waals surface area contributed by atoms with Gasteiger partial charge in [0.25, 0.3) is 0 Å². The highest BCUT2D eigenvalue weighted by molar-refractivity contribution is 6.31. The topological polar surface area (TPSA) is 63.8 Å². The summed E-state index contributed by atoms with van der Waals surface area (Å²) < 4.78 is 5.76. The molecule has 0 amide bonds. The molecule has 0 saturated heterocycles. The van der Waals surface area contributed by atoms with Crippen LogP contribution in [0, 0.1) is 0 Å². The van der Waals surface area contributed by atoms with Gasteiger partial charge in [0.1, 0.15) is 17.9 Å². The van der Waals surface area contributed by atoms with Crippen molar-refractivity contribution in [2.24, 2.45) is 0 Å². The number of nitrogens with zero attached hydrogens (tertiary/aromatic N) is 3. The average molecular weight is 317 g/mol. The Kier molecular flexibility index (Phi) is 3.74. The van der Waals surface area contributed by atoms with Gasteiger partial charge in [0.2, 0.25) is 5.89 Å². The van der Waals surface area contributed by atoms with Crippen LogP contribution < -0.4 is 5.32 Å². The summed E-state index contributed by atoms with van der Waals surface area (Å²) in [6.45, 7) is 6.73. The number of nitrogens with one attached hydrogen (secondary N) is 1. The molecule has 0 aliphatic heterocycles. The van der Waals surface area contributed by atoms with Crippen LogP contribution in [0.1, 0.15) is 32.4 Å². The van der Waals surface area contributed by atoms with Gasteiger partial charge < -0.3 is 9.73 Å². The molecule has 6 heteroatoms. The van der Waals surface area contributed by atoms with E-state index in [9.17, 15) is 0 Å². The van der Waals surface area contributed by atoms with Gasteiger partial charge in [0.15, 0.2) is 0 Å². The zero-order valence-electron chi connectivity index (χ0n) is 12.7. The maximum Gasteiger partial charge on any atom is 0.213 e. The zero-order valence-corrected chi connectivity index (χ0v) is 13.5. The lowest BCUT2D eigenvalue weighted by Gasteiger charge is -2.13. The summed E-state index contributed by atoms with van der Waals surface area (Å²) in [5.41, 5.74) is 0.747. The molecule has 3 aromatic rings. The van der Waals surface area contributed by atoms with Gasteiger partial charge in [-0.15, -0.1) is 0 Å². The molecule has 0 unspecified atom stereocenters. The molecule has 0 radical (unpaired) electrons. The van der Waals surface area contributed by atoms with Crippen molar-refractivity contribution in [2.75, 3.05) is 5.32 Å². The fourth-order valence-electron chi connectivity index (χ4n) is 2.07. The van der Waals surface area contributed by atoms with E-state index >= 15 is 0 Å². The number of oxazole rings is 1. The van der Waals surface area contributed by atoms with Gasteiger partial charge in [-0.25, -0.2) is 15.0 Å². The maximum atomic E-state index is 5.98. The minimum atomic E-state index is -0.0520. The molecule has 0 fully saturated rings. The molecule has 0 aliphatic carbocycles. The summed E-state index contributed by atoms with van der Waals surface area (Å²) in [5.74, 6) is 2.23. The number of rotatable bonds is 3. The molecule has 1 N–H and O–H groups in total. The normalized spacial score (nSPS) is 11.8. The van der Waals surface area contributed by atoms with Crippen molar-refractivity contribution in [3.63, 3.8) is 0 Å². The van der Waals surface area contributed by atoms with E-state index in [1.54, 1.807) is 6.20 Å². The summed E-state index contributed by atoms with van der Waals surface area (Å²) in [5, 5.41) is 4.80. The molecule has 2 aromatic heterocycles. The summed E-state index contributed by atoms with van der Waals surface area (Å²) in [6.07, 6.45) is 3.28. The van der Waals surface area contributed by atoms with Gasteiger partial charge in [-0.3, -0.25) is 0 Å². The standard InChI is InChI=1S/C16H17ClN4O/c1-16(2,3)13-7-18-14(22-13)8-19-15-11-5-4-10(17)6-12(11)20-9-21-15/h4-7,9H,8H2,1-3H3,(H,19,20,21). The fourth-order valence-corrected chi connectivity index (χ4v) is 2.24. The first kappa shape index (κ1) is 14.8. The zero-order chi connectivity index (χ0) is 15.7. The van der Waals surface area contributed by atoms with Crippen molar-refractivity contribution in [1.82, 2.24) is 15.0 Å². The molecule has 114 valence electrons. The highest BCUT2D eigenvalue weighted by Gasteiger charge is 2.19. The van der Waals surface area contributed by atoms with Crippen molar-refractivity contribution in [3.8, 4) is 0 Å². The highest BCUT2D eigenvalue weighted by Crippen LogP contribution is 2.25. The third-order valence-electron chi connectivity index (χ3n) is 3.30. The van der Waals surface area contributed by atoms with E-state index < -0.39 is 0 Å². The van der Waals surface area contributed by atoms with Crippen molar-refractivity contribution in [2.45, 2.75) is 32.7 Å². The molecule has 0 saturated carbocycles. The summed E-state index contributed by atoms with van der Waals surface area (Å²) >= 11 is 5.98. The number of hydrogen-bond donors (Lipinski definition) is 1. The Morgan fingerprint density at radius 1 is 1.18 bits per heavy atom. The molecule has 2 heterocycles. The van der Waals surface area contributed by atoms with Crippen LogP contribution in [0.2, 0.25) is 5.02 Å². The predicted octanol–water partition coefficient (Wildman–Crippen LogP) is 4.18. The van der Waals surface area contributed by atoms with Crippen LogP contribution in [0.15, 0.2) is 35.1 Å². The van der Waals surface area contributed by atoms with Crippen molar-refractivity contribution in [1.29, 1.82) is 0 Å². The quantitative estimate of drug-likeness (QED) is 0.785. The molecular formula is C16H17ClN4O. The molecule has 22 heavy (non-hydrogen) atoms. The van der Waals surface area contributed by atoms with Crippen molar-refractivity contribution < 1.29 is 4.42 Å². The molecule has 1 aromatic carbocycles. The average Bonchev–Trinajstić information content (AvgIpc) is 2.93. The number of fused-ring (bicyclic) bond motifs is 1. The first-order valence-electron chi connectivity index (χ1n) is 7.03. The third-order valence-corrected chi connectivity index (χ3v) is 3.53. The fraction of sp³-hybridized carbons (Fsp3) is 0.312. The Hall–Kier alpha value is -2.14. The van der Waals surface area contributed by atoms with Crippen molar-refractivity contribution >= 4 is 28.3 Å². The SMILES string of the molecule is CC(C)(C)c1cnc(CNc2ncnc3cc(Cl)ccc23)o1. The second-order valence-electron chi connectivity index (χ2n) is 6.11. The van der Waals surface area contributed by atoms with Crippen LogP contribution in [0.5, 0.6) is 0 Å². The lowest BCUT2D eigenvalue weighted by Crippen LogP contribution is -2.09. The lowest BCUT2D eigenvalue weighted by atomic mass is 9.94. The Morgan fingerprint density at radius 2 is 2.00 bits per heavy atom. The summed E-state index contributed by atoms with van der Waals surface area (Å²) in [4.78, 5) is 12.8. The minimum Gasteiger partial charge on any atom is -0.443 e. The highest BCUT2D eigenvalue weighted by atomic mass is 35.5. The Morgan fingerprint density at radius 3 is 2.73 bits per heavy atom. The molecule has 3 rings (SSSR count). The largest absolute Gasteiger partial charge is 0.443 e. The number of hydrogen-bond acceptors (Lipinski definition) is 5. The maximum absolute atomic E-state index is 5.98. The number of aromatic nitrogens is 3. The molecule has 0 aliphatic rings. The van der Waals surface area contributed by atoms with Crippen LogP contribution in [0.3, 0.4) is 0 Å². The van der Waals surface area contributed by atoms with E-state index in [-0.39, 0.29) is 5.41 Å². The van der Waals surface area contributed by atoms with E-state index in [4.69, 9.17) is 16.0 Å². The smallest absolute Gasteiger partial charge is 0.213 e. The Balaban J connectivity index is 1.81. The second-order valence-corrected chi connectivity index (χ2v) is 6.54.